The lowest BCUT2D eigenvalue weighted by Gasteiger charge is -2.16. The van der Waals surface area contributed by atoms with Crippen molar-refractivity contribution in [1.29, 1.82) is 0 Å². The summed E-state index contributed by atoms with van der Waals surface area (Å²) in [5, 5.41) is 14.0. The zero-order chi connectivity index (χ0) is 16.5. The van der Waals surface area contributed by atoms with Gasteiger partial charge in [-0.05, 0) is 29.2 Å². The van der Waals surface area contributed by atoms with Crippen molar-refractivity contribution in [2.24, 2.45) is 0 Å². The molecule has 23 heavy (non-hydrogen) atoms. The van der Waals surface area contributed by atoms with Gasteiger partial charge in [0.15, 0.2) is 0 Å². The van der Waals surface area contributed by atoms with Crippen molar-refractivity contribution in [3.8, 4) is 0 Å². The molecule has 0 aliphatic heterocycles. The van der Waals surface area contributed by atoms with E-state index in [1.165, 1.54) is 5.56 Å². The van der Waals surface area contributed by atoms with Crippen LogP contribution in [0.5, 0.6) is 0 Å². The fraction of sp³-hybridized carbons (Fsp3) is 0.368. The van der Waals surface area contributed by atoms with Gasteiger partial charge in [0.25, 0.3) is 0 Å². The number of hydrogen-bond donors (Lipinski definition) is 2. The third-order valence-corrected chi connectivity index (χ3v) is 3.94. The molecule has 2 aromatic carbocycles. The summed E-state index contributed by atoms with van der Waals surface area (Å²) < 4.78 is 5.53. The fourth-order valence-corrected chi connectivity index (χ4v) is 2.44. The van der Waals surface area contributed by atoms with Crippen LogP contribution in [0.3, 0.4) is 0 Å². The highest BCUT2D eigenvalue weighted by Crippen LogP contribution is 2.13. The number of ether oxygens (including phenoxy) is 1. The topological polar surface area (TPSA) is 41.5 Å². The van der Waals surface area contributed by atoms with Crippen LogP contribution in [0.1, 0.15) is 24.0 Å². The Morgan fingerprint density at radius 1 is 1.04 bits per heavy atom. The van der Waals surface area contributed by atoms with E-state index in [0.29, 0.717) is 30.7 Å². The van der Waals surface area contributed by atoms with Crippen molar-refractivity contribution in [2.75, 3.05) is 19.7 Å². The molecular formula is C19H24ClNO2. The second-order valence-electron chi connectivity index (χ2n) is 5.77. The summed E-state index contributed by atoms with van der Waals surface area (Å²) in [5.74, 6) is 0.415. The summed E-state index contributed by atoms with van der Waals surface area (Å²) in [6.07, 6.45) is -0.509. The lowest BCUT2D eigenvalue weighted by atomic mass is 10.0. The normalized spacial score (nSPS) is 13.7. The van der Waals surface area contributed by atoms with E-state index >= 15 is 0 Å². The Balaban J connectivity index is 1.60. The molecule has 0 radical (unpaired) electrons. The number of halogens is 1. The van der Waals surface area contributed by atoms with E-state index in [1.54, 1.807) is 0 Å². The number of aliphatic hydroxyl groups excluding tert-OH is 1. The van der Waals surface area contributed by atoms with E-state index in [4.69, 9.17) is 16.3 Å². The Hall–Kier alpha value is -1.39. The average Bonchev–Trinajstić information content (AvgIpc) is 2.57. The van der Waals surface area contributed by atoms with Crippen molar-refractivity contribution in [3.63, 3.8) is 0 Å². The van der Waals surface area contributed by atoms with Crippen LogP contribution in [0.4, 0.5) is 0 Å². The van der Waals surface area contributed by atoms with Crippen LogP contribution in [0.15, 0.2) is 54.6 Å². The maximum atomic E-state index is 9.95. The van der Waals surface area contributed by atoms with Gasteiger partial charge in [-0.2, -0.15) is 0 Å². The molecule has 0 spiro atoms. The van der Waals surface area contributed by atoms with Gasteiger partial charge in [0, 0.05) is 18.1 Å². The summed E-state index contributed by atoms with van der Waals surface area (Å²) in [7, 11) is 0. The fourth-order valence-electron chi connectivity index (χ4n) is 2.32. The highest BCUT2D eigenvalue weighted by Gasteiger charge is 2.07. The van der Waals surface area contributed by atoms with E-state index in [2.05, 4.69) is 24.4 Å². The van der Waals surface area contributed by atoms with Crippen LogP contribution in [0.25, 0.3) is 0 Å². The molecule has 124 valence electrons. The maximum absolute atomic E-state index is 9.95. The Morgan fingerprint density at radius 2 is 1.74 bits per heavy atom. The first-order valence-electron chi connectivity index (χ1n) is 7.91. The van der Waals surface area contributed by atoms with E-state index in [-0.39, 0.29) is 0 Å². The summed E-state index contributed by atoms with van der Waals surface area (Å²) in [5.41, 5.74) is 2.35. The van der Waals surface area contributed by atoms with Crippen molar-refractivity contribution >= 4 is 11.6 Å². The average molecular weight is 334 g/mol. The van der Waals surface area contributed by atoms with Gasteiger partial charge in [0.05, 0.1) is 19.3 Å². The number of nitrogens with one attached hydrogen (secondary N) is 1. The minimum atomic E-state index is -0.509. The zero-order valence-electron chi connectivity index (χ0n) is 13.4. The molecule has 0 fully saturated rings. The predicted octanol–water partition coefficient (Wildman–Crippen LogP) is 3.61. The van der Waals surface area contributed by atoms with E-state index in [9.17, 15) is 5.11 Å². The van der Waals surface area contributed by atoms with E-state index < -0.39 is 6.10 Å². The van der Waals surface area contributed by atoms with Gasteiger partial charge in [-0.15, -0.1) is 0 Å². The van der Waals surface area contributed by atoms with Gasteiger partial charge in [0.1, 0.15) is 0 Å². The molecule has 3 nitrogen and oxygen atoms in total. The van der Waals surface area contributed by atoms with Crippen molar-refractivity contribution in [2.45, 2.75) is 25.6 Å². The summed E-state index contributed by atoms with van der Waals surface area (Å²) in [6, 6.07) is 17.9. The molecule has 2 atom stereocenters. The SMILES string of the molecule is C[C@@H](CNC[C@H](O)COCc1ccc(Cl)cc1)c1ccccc1. The lowest BCUT2D eigenvalue weighted by molar-refractivity contribution is 0.0288. The smallest absolute Gasteiger partial charge is 0.0897 e. The molecule has 0 bridgehead atoms. The van der Waals surface area contributed by atoms with Crippen LogP contribution in [-0.4, -0.2) is 30.9 Å². The minimum Gasteiger partial charge on any atom is -0.389 e. The van der Waals surface area contributed by atoms with Gasteiger partial charge in [-0.25, -0.2) is 0 Å². The predicted molar refractivity (Wildman–Crippen MR) is 94.8 cm³/mol. The molecule has 0 amide bonds. The lowest BCUT2D eigenvalue weighted by Crippen LogP contribution is -2.32. The maximum Gasteiger partial charge on any atom is 0.0897 e. The van der Waals surface area contributed by atoms with E-state index in [0.717, 1.165) is 12.1 Å². The molecule has 0 heterocycles. The molecule has 0 saturated carbocycles. The highest BCUT2D eigenvalue weighted by molar-refractivity contribution is 6.30. The summed E-state index contributed by atoms with van der Waals surface area (Å²) in [6.45, 7) is 4.33. The van der Waals surface area contributed by atoms with Crippen LogP contribution >= 0.6 is 11.6 Å². The third kappa shape index (κ3) is 6.71. The van der Waals surface area contributed by atoms with Crippen LogP contribution in [0.2, 0.25) is 5.02 Å². The molecule has 0 aliphatic carbocycles. The first-order valence-corrected chi connectivity index (χ1v) is 8.29. The molecule has 0 unspecified atom stereocenters. The third-order valence-electron chi connectivity index (χ3n) is 3.69. The van der Waals surface area contributed by atoms with Gasteiger partial charge < -0.3 is 15.2 Å². The van der Waals surface area contributed by atoms with Gasteiger partial charge in [0.2, 0.25) is 0 Å². The highest BCUT2D eigenvalue weighted by atomic mass is 35.5. The van der Waals surface area contributed by atoms with Gasteiger partial charge in [-0.3, -0.25) is 0 Å². The molecule has 2 N–H and O–H groups in total. The van der Waals surface area contributed by atoms with Crippen molar-refractivity contribution in [1.82, 2.24) is 5.32 Å². The monoisotopic (exact) mass is 333 g/mol. The van der Waals surface area contributed by atoms with Crippen molar-refractivity contribution in [3.05, 3.63) is 70.7 Å². The van der Waals surface area contributed by atoms with Crippen LogP contribution in [0, 0.1) is 0 Å². The second kappa shape index (κ2) is 9.68. The Kier molecular flexibility index (Phi) is 7.56. The van der Waals surface area contributed by atoms with E-state index in [1.807, 2.05) is 42.5 Å². The molecular weight excluding hydrogens is 310 g/mol. The standard InChI is InChI=1S/C19H24ClNO2/c1-15(17-5-3-2-4-6-17)11-21-12-19(22)14-23-13-16-7-9-18(20)10-8-16/h2-10,15,19,21-22H,11-14H2,1H3/t15-,19-/m0/s1. The Bertz CT molecular complexity index is 559. The Morgan fingerprint density at radius 3 is 2.43 bits per heavy atom. The van der Waals surface area contributed by atoms with Crippen LogP contribution in [-0.2, 0) is 11.3 Å². The Labute approximate surface area is 143 Å². The molecule has 0 aromatic heterocycles. The molecule has 4 heteroatoms. The van der Waals surface area contributed by atoms with Crippen LogP contribution < -0.4 is 5.32 Å². The zero-order valence-corrected chi connectivity index (χ0v) is 14.2. The summed E-state index contributed by atoms with van der Waals surface area (Å²) >= 11 is 5.83. The molecule has 0 aliphatic rings. The minimum absolute atomic E-state index is 0.315. The molecule has 0 saturated heterocycles. The number of hydrogen-bond acceptors (Lipinski definition) is 3. The first kappa shape index (κ1) is 18.0. The first-order chi connectivity index (χ1) is 11.1. The quantitative estimate of drug-likeness (QED) is 0.736. The molecule has 2 aromatic rings. The van der Waals surface area contributed by atoms with Gasteiger partial charge >= 0.3 is 0 Å². The summed E-state index contributed by atoms with van der Waals surface area (Å²) in [4.78, 5) is 0. The number of benzene rings is 2. The van der Waals surface area contributed by atoms with Crippen molar-refractivity contribution < 1.29 is 9.84 Å². The van der Waals surface area contributed by atoms with Gasteiger partial charge in [-0.1, -0.05) is 61.0 Å². The molecule has 2 rings (SSSR count). The number of rotatable bonds is 9. The number of aliphatic hydroxyl groups is 1. The second-order valence-corrected chi connectivity index (χ2v) is 6.20. The largest absolute Gasteiger partial charge is 0.389 e.